The van der Waals surface area contributed by atoms with Gasteiger partial charge in [0.1, 0.15) is 5.76 Å². The van der Waals surface area contributed by atoms with Crippen molar-refractivity contribution in [2.24, 2.45) is 0 Å². The Balaban J connectivity index is 1.49. The molecule has 2 amide bonds. The first kappa shape index (κ1) is 22.1. The van der Waals surface area contributed by atoms with Crippen LogP contribution in [0.5, 0.6) is 0 Å². The number of esters is 1. The maximum Gasteiger partial charge on any atom is 0.374 e. The van der Waals surface area contributed by atoms with Gasteiger partial charge in [-0.15, -0.1) is 0 Å². The fourth-order valence-electron chi connectivity index (χ4n) is 2.70. The molecule has 0 fully saturated rings. The van der Waals surface area contributed by atoms with Crippen molar-refractivity contribution in [3.05, 3.63) is 77.0 Å². The minimum Gasteiger partial charge on any atom is -0.450 e. The lowest BCUT2D eigenvalue weighted by Crippen LogP contribution is -2.37. The summed E-state index contributed by atoms with van der Waals surface area (Å²) in [6, 6.07) is 17.4. The summed E-state index contributed by atoms with van der Waals surface area (Å²) in [6.07, 6.45) is 0. The van der Waals surface area contributed by atoms with Crippen LogP contribution >= 0.6 is 11.6 Å². The molecule has 1 aromatic heterocycles. The first-order valence-corrected chi connectivity index (χ1v) is 9.83. The fraction of sp³-hybridized carbons (Fsp3) is 0.174. The van der Waals surface area contributed by atoms with E-state index in [-0.39, 0.29) is 18.2 Å². The number of anilines is 1. The number of carbonyl (C=O) groups excluding carboxylic acids is 3. The van der Waals surface area contributed by atoms with Crippen molar-refractivity contribution in [3.63, 3.8) is 0 Å². The number of rotatable bonds is 7. The molecule has 0 unspecified atom stereocenters. The van der Waals surface area contributed by atoms with Crippen LogP contribution in [0.4, 0.5) is 5.69 Å². The Hall–Kier alpha value is -3.58. The van der Waals surface area contributed by atoms with Gasteiger partial charge in [-0.3, -0.25) is 9.59 Å². The monoisotopic (exact) mass is 440 g/mol. The summed E-state index contributed by atoms with van der Waals surface area (Å²) in [7, 11) is 1.45. The second-order valence-electron chi connectivity index (χ2n) is 6.88. The SMILES string of the molecule is Cc1ccc(NC(=O)CN(C)C(=O)COC(=O)c2ccc(-c3ccccc3Cl)o2)cc1. The number of hydrogen-bond acceptors (Lipinski definition) is 5. The molecule has 0 aliphatic rings. The Morgan fingerprint density at radius 2 is 1.74 bits per heavy atom. The summed E-state index contributed by atoms with van der Waals surface area (Å²) in [6.45, 7) is 1.25. The smallest absolute Gasteiger partial charge is 0.374 e. The van der Waals surface area contributed by atoms with Crippen molar-refractivity contribution in [2.75, 3.05) is 25.5 Å². The van der Waals surface area contributed by atoms with Crippen LogP contribution in [-0.2, 0) is 14.3 Å². The number of likely N-dealkylation sites (N-methyl/N-ethyl adjacent to an activating group) is 1. The van der Waals surface area contributed by atoms with E-state index in [0.717, 1.165) is 5.56 Å². The molecule has 3 aromatic rings. The highest BCUT2D eigenvalue weighted by Crippen LogP contribution is 2.29. The number of hydrogen-bond donors (Lipinski definition) is 1. The van der Waals surface area contributed by atoms with Crippen LogP contribution < -0.4 is 5.32 Å². The number of furan rings is 1. The number of nitrogens with zero attached hydrogens (tertiary/aromatic N) is 1. The molecule has 2 aromatic carbocycles. The number of aryl methyl sites for hydroxylation is 1. The zero-order valence-corrected chi connectivity index (χ0v) is 17.8. The fourth-order valence-corrected chi connectivity index (χ4v) is 2.93. The van der Waals surface area contributed by atoms with Crippen LogP contribution in [0.15, 0.2) is 65.1 Å². The van der Waals surface area contributed by atoms with Crippen LogP contribution in [0, 0.1) is 6.92 Å². The third-order valence-electron chi connectivity index (χ3n) is 4.42. The van der Waals surface area contributed by atoms with Gasteiger partial charge in [-0.25, -0.2) is 4.79 Å². The van der Waals surface area contributed by atoms with Gasteiger partial charge < -0.3 is 19.4 Å². The van der Waals surface area contributed by atoms with Crippen molar-refractivity contribution >= 4 is 35.1 Å². The van der Waals surface area contributed by atoms with E-state index in [1.165, 1.54) is 18.0 Å². The van der Waals surface area contributed by atoms with Crippen molar-refractivity contribution < 1.29 is 23.5 Å². The third kappa shape index (κ3) is 5.96. The van der Waals surface area contributed by atoms with E-state index in [1.807, 2.05) is 19.1 Å². The van der Waals surface area contributed by atoms with Crippen LogP contribution in [0.25, 0.3) is 11.3 Å². The van der Waals surface area contributed by atoms with Crippen LogP contribution in [-0.4, -0.2) is 42.9 Å². The van der Waals surface area contributed by atoms with Gasteiger partial charge in [0.25, 0.3) is 5.91 Å². The normalized spacial score (nSPS) is 10.4. The van der Waals surface area contributed by atoms with Gasteiger partial charge in [0.15, 0.2) is 6.61 Å². The predicted octanol–water partition coefficient (Wildman–Crippen LogP) is 4.16. The van der Waals surface area contributed by atoms with E-state index < -0.39 is 18.5 Å². The second-order valence-corrected chi connectivity index (χ2v) is 7.29. The summed E-state index contributed by atoms with van der Waals surface area (Å²) < 4.78 is 10.5. The van der Waals surface area contributed by atoms with Gasteiger partial charge >= 0.3 is 5.97 Å². The zero-order valence-electron chi connectivity index (χ0n) is 17.1. The maximum absolute atomic E-state index is 12.2. The van der Waals surface area contributed by atoms with Gasteiger partial charge in [0.05, 0.1) is 11.6 Å². The minimum absolute atomic E-state index is 0.0533. The maximum atomic E-state index is 12.2. The van der Waals surface area contributed by atoms with Crippen molar-refractivity contribution in [3.8, 4) is 11.3 Å². The molecule has 0 aliphatic carbocycles. The Kier molecular flexibility index (Phi) is 7.10. The first-order valence-electron chi connectivity index (χ1n) is 9.46. The average molecular weight is 441 g/mol. The molecule has 1 N–H and O–H groups in total. The molecule has 0 saturated heterocycles. The van der Waals surface area contributed by atoms with E-state index in [1.54, 1.807) is 42.5 Å². The molecule has 7 nitrogen and oxygen atoms in total. The van der Waals surface area contributed by atoms with Crippen LogP contribution in [0.2, 0.25) is 5.02 Å². The summed E-state index contributed by atoms with van der Waals surface area (Å²) in [4.78, 5) is 37.7. The van der Waals surface area contributed by atoms with Gasteiger partial charge in [-0.2, -0.15) is 0 Å². The summed E-state index contributed by atoms with van der Waals surface area (Å²) in [5.74, 6) is -1.31. The highest BCUT2D eigenvalue weighted by molar-refractivity contribution is 6.33. The minimum atomic E-state index is -0.788. The van der Waals surface area contributed by atoms with E-state index in [2.05, 4.69) is 5.32 Å². The van der Waals surface area contributed by atoms with E-state index in [9.17, 15) is 14.4 Å². The van der Waals surface area contributed by atoms with Gasteiger partial charge in [-0.05, 0) is 43.3 Å². The molecule has 160 valence electrons. The lowest BCUT2D eigenvalue weighted by atomic mass is 10.2. The second kappa shape index (κ2) is 9.95. The van der Waals surface area contributed by atoms with Crippen molar-refractivity contribution in [1.29, 1.82) is 0 Å². The Labute approximate surface area is 184 Å². The van der Waals surface area contributed by atoms with Crippen molar-refractivity contribution in [2.45, 2.75) is 6.92 Å². The Morgan fingerprint density at radius 3 is 2.45 bits per heavy atom. The highest BCUT2D eigenvalue weighted by atomic mass is 35.5. The standard InChI is InChI=1S/C23H21ClN2O5/c1-15-7-9-16(10-8-15)25-21(27)13-26(2)22(28)14-30-23(29)20-12-11-19(31-20)17-5-3-4-6-18(17)24/h3-12H,13-14H2,1-2H3,(H,25,27). The number of halogens is 1. The lowest BCUT2D eigenvalue weighted by Gasteiger charge is -2.16. The number of amides is 2. The molecule has 0 saturated carbocycles. The van der Waals surface area contributed by atoms with Gasteiger partial charge in [0, 0.05) is 18.3 Å². The molecule has 8 heteroatoms. The predicted molar refractivity (Wildman–Crippen MR) is 117 cm³/mol. The number of ether oxygens (including phenoxy) is 1. The van der Waals surface area contributed by atoms with E-state index >= 15 is 0 Å². The number of nitrogens with one attached hydrogen (secondary N) is 1. The topological polar surface area (TPSA) is 88.9 Å². The summed E-state index contributed by atoms with van der Waals surface area (Å²) >= 11 is 6.13. The van der Waals surface area contributed by atoms with Gasteiger partial charge in [0.2, 0.25) is 11.7 Å². The molecule has 0 radical (unpaired) electrons. The highest BCUT2D eigenvalue weighted by Gasteiger charge is 2.19. The molecule has 0 aliphatic heterocycles. The Bertz CT molecular complexity index is 1090. The number of carbonyl (C=O) groups is 3. The lowest BCUT2D eigenvalue weighted by molar-refractivity contribution is -0.136. The molecule has 0 bridgehead atoms. The molecule has 0 spiro atoms. The third-order valence-corrected chi connectivity index (χ3v) is 4.74. The van der Waals surface area contributed by atoms with Crippen LogP contribution in [0.1, 0.15) is 16.1 Å². The molecular formula is C23H21ClN2O5. The van der Waals surface area contributed by atoms with Gasteiger partial charge in [-0.1, -0.05) is 41.4 Å². The van der Waals surface area contributed by atoms with E-state index in [4.69, 9.17) is 20.8 Å². The largest absolute Gasteiger partial charge is 0.450 e. The average Bonchev–Trinajstić information content (AvgIpc) is 3.23. The Morgan fingerprint density at radius 1 is 1.03 bits per heavy atom. The quantitative estimate of drug-likeness (QED) is 0.557. The molecular weight excluding hydrogens is 420 g/mol. The summed E-state index contributed by atoms with van der Waals surface area (Å²) in [5, 5.41) is 3.19. The molecule has 1 heterocycles. The molecule has 31 heavy (non-hydrogen) atoms. The zero-order chi connectivity index (χ0) is 22.4. The van der Waals surface area contributed by atoms with E-state index in [0.29, 0.717) is 22.0 Å². The first-order chi connectivity index (χ1) is 14.8. The number of benzene rings is 2. The molecule has 3 rings (SSSR count). The van der Waals surface area contributed by atoms with Crippen LogP contribution in [0.3, 0.4) is 0 Å². The molecule has 0 atom stereocenters. The van der Waals surface area contributed by atoms with Crippen molar-refractivity contribution in [1.82, 2.24) is 4.90 Å². The summed E-state index contributed by atoms with van der Waals surface area (Å²) in [5.41, 5.74) is 2.34.